The molecule has 0 aliphatic heterocycles. The molecule has 1 unspecified atom stereocenters. The fraction of sp³-hybridized carbons (Fsp3) is 0.600. The normalized spacial score (nSPS) is 16.6. The van der Waals surface area contributed by atoms with Crippen molar-refractivity contribution in [3.63, 3.8) is 0 Å². The van der Waals surface area contributed by atoms with Gasteiger partial charge in [-0.15, -0.1) is 0 Å². The molecule has 1 aliphatic carbocycles. The lowest BCUT2D eigenvalue weighted by Crippen LogP contribution is -2.38. The summed E-state index contributed by atoms with van der Waals surface area (Å²) in [6.45, 7) is 1.42. The van der Waals surface area contributed by atoms with Gasteiger partial charge in [0, 0.05) is 12.2 Å². The molecular weight excluding hydrogens is 300 g/mol. The first kappa shape index (κ1) is 17.0. The number of nitrogens with zero attached hydrogens (tertiary/aromatic N) is 2. The number of carbonyl (C=O) groups is 3. The molecule has 8 nitrogen and oxygen atoms in total. The maximum Gasteiger partial charge on any atom is 0.325 e. The Labute approximate surface area is 134 Å². The minimum absolute atomic E-state index is 0.0399. The topological polar surface area (TPSA) is 113 Å². The molecule has 8 heteroatoms. The molecule has 2 rings (SSSR count). The van der Waals surface area contributed by atoms with Crippen molar-refractivity contribution in [1.29, 1.82) is 0 Å². The minimum Gasteiger partial charge on any atom is -0.480 e. The SMILES string of the molecule is CC(NC(=O)c1cnn(CC(=O)NC2CCCCC2)c1)C(=O)O. The van der Waals surface area contributed by atoms with Crippen molar-refractivity contribution in [2.75, 3.05) is 0 Å². The number of nitrogens with one attached hydrogen (secondary N) is 2. The maximum absolute atomic E-state index is 12.0. The second-order valence-corrected chi connectivity index (χ2v) is 5.86. The molecule has 1 fully saturated rings. The van der Waals surface area contributed by atoms with Gasteiger partial charge in [0.15, 0.2) is 0 Å². The van der Waals surface area contributed by atoms with E-state index >= 15 is 0 Å². The third kappa shape index (κ3) is 5.08. The van der Waals surface area contributed by atoms with Crippen LogP contribution >= 0.6 is 0 Å². The highest BCUT2D eigenvalue weighted by molar-refractivity contribution is 5.96. The Bertz CT molecular complexity index is 578. The summed E-state index contributed by atoms with van der Waals surface area (Å²) in [4.78, 5) is 34.5. The first-order valence-electron chi connectivity index (χ1n) is 7.81. The molecule has 126 valence electrons. The van der Waals surface area contributed by atoms with Gasteiger partial charge in [0.2, 0.25) is 5.91 Å². The number of amides is 2. The summed E-state index contributed by atoms with van der Waals surface area (Å²) >= 11 is 0. The first-order valence-corrected chi connectivity index (χ1v) is 7.81. The second kappa shape index (κ2) is 7.75. The molecule has 1 heterocycles. The quantitative estimate of drug-likeness (QED) is 0.707. The molecular formula is C15H22N4O4. The van der Waals surface area contributed by atoms with Gasteiger partial charge in [-0.05, 0) is 19.8 Å². The number of aliphatic carboxylic acids is 1. The highest BCUT2D eigenvalue weighted by Crippen LogP contribution is 2.17. The first-order chi connectivity index (χ1) is 11.0. The number of hydrogen-bond donors (Lipinski definition) is 3. The van der Waals surface area contributed by atoms with Crippen molar-refractivity contribution in [3.8, 4) is 0 Å². The standard InChI is InChI=1S/C15H22N4O4/c1-10(15(22)23)17-14(21)11-7-16-19(8-11)9-13(20)18-12-5-3-2-4-6-12/h7-8,10,12H,2-6,9H2,1H3,(H,17,21)(H,18,20)(H,22,23). The van der Waals surface area contributed by atoms with E-state index in [1.54, 1.807) is 0 Å². The third-order valence-electron chi connectivity index (χ3n) is 3.89. The number of hydrogen-bond acceptors (Lipinski definition) is 4. The monoisotopic (exact) mass is 322 g/mol. The summed E-state index contributed by atoms with van der Waals surface area (Å²) in [5.74, 6) is -1.78. The van der Waals surface area contributed by atoms with Gasteiger partial charge in [0.1, 0.15) is 12.6 Å². The number of carboxylic acid groups (broad SMARTS) is 1. The molecule has 1 aromatic heterocycles. The van der Waals surface area contributed by atoms with Crippen molar-refractivity contribution in [3.05, 3.63) is 18.0 Å². The molecule has 1 atom stereocenters. The molecule has 0 saturated heterocycles. The van der Waals surface area contributed by atoms with Crippen LogP contribution in [0.3, 0.4) is 0 Å². The Kier molecular flexibility index (Phi) is 5.72. The van der Waals surface area contributed by atoms with Crippen LogP contribution in [0, 0.1) is 0 Å². The van der Waals surface area contributed by atoms with Crippen LogP contribution in [0.15, 0.2) is 12.4 Å². The lowest BCUT2D eigenvalue weighted by molar-refractivity contribution is -0.138. The molecule has 23 heavy (non-hydrogen) atoms. The Balaban J connectivity index is 1.85. The van der Waals surface area contributed by atoms with E-state index in [1.807, 2.05) is 0 Å². The molecule has 0 aromatic carbocycles. The summed E-state index contributed by atoms with van der Waals surface area (Å²) in [5.41, 5.74) is 0.226. The molecule has 0 spiro atoms. The van der Waals surface area contributed by atoms with Crippen LogP contribution in [-0.4, -0.2) is 44.8 Å². The van der Waals surface area contributed by atoms with E-state index in [0.29, 0.717) is 0 Å². The predicted octanol–water partition coefficient (Wildman–Crippen LogP) is 0.535. The van der Waals surface area contributed by atoms with Crippen LogP contribution < -0.4 is 10.6 Å². The molecule has 3 N–H and O–H groups in total. The summed E-state index contributed by atoms with van der Waals surface area (Å²) in [6.07, 6.45) is 8.26. The highest BCUT2D eigenvalue weighted by Gasteiger charge is 2.18. The van der Waals surface area contributed by atoms with Gasteiger partial charge in [-0.2, -0.15) is 5.10 Å². The van der Waals surface area contributed by atoms with Crippen molar-refractivity contribution in [1.82, 2.24) is 20.4 Å². The molecule has 2 amide bonds. The van der Waals surface area contributed by atoms with Crippen molar-refractivity contribution < 1.29 is 19.5 Å². The zero-order valence-electron chi connectivity index (χ0n) is 13.1. The predicted molar refractivity (Wildman–Crippen MR) is 81.8 cm³/mol. The Morgan fingerprint density at radius 2 is 2.04 bits per heavy atom. The zero-order valence-corrected chi connectivity index (χ0v) is 13.1. The minimum atomic E-state index is -1.11. The van der Waals surface area contributed by atoms with E-state index < -0.39 is 17.9 Å². The lowest BCUT2D eigenvalue weighted by Gasteiger charge is -2.22. The second-order valence-electron chi connectivity index (χ2n) is 5.86. The summed E-state index contributed by atoms with van der Waals surface area (Å²) in [6, 6.07) is -0.758. The van der Waals surface area contributed by atoms with Crippen LogP contribution in [0.4, 0.5) is 0 Å². The van der Waals surface area contributed by atoms with E-state index in [0.717, 1.165) is 25.7 Å². The maximum atomic E-state index is 12.0. The van der Waals surface area contributed by atoms with Crippen LogP contribution in [0.25, 0.3) is 0 Å². The van der Waals surface area contributed by atoms with Gasteiger partial charge < -0.3 is 15.7 Å². The van der Waals surface area contributed by atoms with Crippen molar-refractivity contribution in [2.24, 2.45) is 0 Å². The number of carboxylic acids is 1. The summed E-state index contributed by atoms with van der Waals surface area (Å²) in [7, 11) is 0. The summed E-state index contributed by atoms with van der Waals surface area (Å²) < 4.78 is 1.37. The van der Waals surface area contributed by atoms with Gasteiger partial charge in [-0.1, -0.05) is 19.3 Å². The van der Waals surface area contributed by atoms with E-state index in [-0.39, 0.29) is 24.1 Å². The number of carbonyl (C=O) groups excluding carboxylic acids is 2. The molecule has 0 bridgehead atoms. The fourth-order valence-electron chi connectivity index (χ4n) is 2.58. The molecule has 1 aliphatic rings. The van der Waals surface area contributed by atoms with Crippen molar-refractivity contribution in [2.45, 2.75) is 57.7 Å². The van der Waals surface area contributed by atoms with Gasteiger partial charge in [0.05, 0.1) is 11.8 Å². The van der Waals surface area contributed by atoms with Crippen LogP contribution in [0.1, 0.15) is 49.4 Å². The van der Waals surface area contributed by atoms with Crippen LogP contribution in [0.2, 0.25) is 0 Å². The van der Waals surface area contributed by atoms with E-state index in [4.69, 9.17) is 5.11 Å². The molecule has 0 radical (unpaired) electrons. The average Bonchev–Trinajstić information content (AvgIpc) is 2.96. The van der Waals surface area contributed by atoms with Gasteiger partial charge in [0.25, 0.3) is 5.91 Å². The van der Waals surface area contributed by atoms with Gasteiger partial charge in [-0.25, -0.2) is 0 Å². The smallest absolute Gasteiger partial charge is 0.325 e. The van der Waals surface area contributed by atoms with Crippen LogP contribution in [-0.2, 0) is 16.1 Å². The Hall–Kier alpha value is -2.38. The molecule has 1 aromatic rings. The summed E-state index contributed by atoms with van der Waals surface area (Å²) in [5, 5.41) is 18.0. The van der Waals surface area contributed by atoms with Gasteiger partial charge in [-0.3, -0.25) is 19.1 Å². The molecule has 1 saturated carbocycles. The number of rotatable bonds is 6. The van der Waals surface area contributed by atoms with E-state index in [9.17, 15) is 14.4 Å². The Morgan fingerprint density at radius 3 is 2.70 bits per heavy atom. The lowest BCUT2D eigenvalue weighted by atomic mass is 9.95. The fourth-order valence-corrected chi connectivity index (χ4v) is 2.58. The Morgan fingerprint density at radius 1 is 1.35 bits per heavy atom. The van der Waals surface area contributed by atoms with Crippen molar-refractivity contribution >= 4 is 17.8 Å². The highest BCUT2D eigenvalue weighted by atomic mass is 16.4. The number of aromatic nitrogens is 2. The average molecular weight is 322 g/mol. The van der Waals surface area contributed by atoms with E-state index in [2.05, 4.69) is 15.7 Å². The van der Waals surface area contributed by atoms with Crippen LogP contribution in [0.5, 0.6) is 0 Å². The third-order valence-corrected chi connectivity index (χ3v) is 3.89. The largest absolute Gasteiger partial charge is 0.480 e. The van der Waals surface area contributed by atoms with E-state index in [1.165, 1.54) is 30.4 Å². The van der Waals surface area contributed by atoms with Gasteiger partial charge >= 0.3 is 5.97 Å². The zero-order chi connectivity index (χ0) is 16.8.